The van der Waals surface area contributed by atoms with Crippen LogP contribution in [-0.2, 0) is 0 Å². The molecule has 1 fully saturated rings. The smallest absolute Gasteiger partial charge is 0.167 e. The van der Waals surface area contributed by atoms with E-state index in [1.54, 1.807) is 6.07 Å². The van der Waals surface area contributed by atoms with Crippen LogP contribution in [-0.4, -0.2) is 12.7 Å². The van der Waals surface area contributed by atoms with Gasteiger partial charge in [0, 0.05) is 12.1 Å². The minimum Gasteiger partial charge on any atom is -0.490 e. The van der Waals surface area contributed by atoms with E-state index in [9.17, 15) is 4.39 Å². The van der Waals surface area contributed by atoms with Crippen LogP contribution in [0.3, 0.4) is 0 Å². The normalized spacial score (nSPS) is 22.0. The fourth-order valence-electron chi connectivity index (χ4n) is 2.87. The molecule has 2 atom stereocenters. The molecule has 0 amide bonds. The summed E-state index contributed by atoms with van der Waals surface area (Å²) in [6.45, 7) is 4.69. The fraction of sp³-hybridized carbons (Fsp3) is 0.647. The standard InChI is InChI=1S/C17H26FNO2/c1-3-8-20-16-11-17(15(19)10-14(16)18)21-13-7-5-6-12(4-2)9-13/h10-13H,3-9,19H2,1-2H3. The van der Waals surface area contributed by atoms with Gasteiger partial charge in [0.1, 0.15) is 5.75 Å². The van der Waals surface area contributed by atoms with Crippen LogP contribution in [0.25, 0.3) is 0 Å². The molecule has 0 heterocycles. The third kappa shape index (κ3) is 4.26. The molecular weight excluding hydrogens is 269 g/mol. The van der Waals surface area contributed by atoms with E-state index >= 15 is 0 Å². The Balaban J connectivity index is 2.07. The van der Waals surface area contributed by atoms with Crippen LogP contribution in [0.2, 0.25) is 0 Å². The molecule has 1 saturated carbocycles. The zero-order chi connectivity index (χ0) is 15.2. The number of anilines is 1. The molecule has 118 valence electrons. The van der Waals surface area contributed by atoms with Crippen molar-refractivity contribution in [2.24, 2.45) is 5.92 Å². The Hall–Kier alpha value is -1.45. The lowest BCUT2D eigenvalue weighted by atomic mass is 9.85. The molecule has 1 aliphatic carbocycles. The van der Waals surface area contributed by atoms with Gasteiger partial charge in [-0.25, -0.2) is 4.39 Å². The highest BCUT2D eigenvalue weighted by atomic mass is 19.1. The molecule has 2 N–H and O–H groups in total. The van der Waals surface area contributed by atoms with Gasteiger partial charge >= 0.3 is 0 Å². The minimum atomic E-state index is -0.427. The van der Waals surface area contributed by atoms with E-state index in [2.05, 4.69) is 6.92 Å². The molecule has 1 aliphatic rings. The van der Waals surface area contributed by atoms with Crippen LogP contribution in [0.15, 0.2) is 12.1 Å². The molecule has 0 radical (unpaired) electrons. The maximum atomic E-state index is 13.8. The first kappa shape index (κ1) is 15.9. The molecular formula is C17H26FNO2. The van der Waals surface area contributed by atoms with Crippen LogP contribution in [0.4, 0.5) is 10.1 Å². The van der Waals surface area contributed by atoms with Gasteiger partial charge in [-0.15, -0.1) is 0 Å². The molecule has 1 aromatic carbocycles. The largest absolute Gasteiger partial charge is 0.490 e. The predicted molar refractivity (Wildman–Crippen MR) is 83.3 cm³/mol. The number of hydrogen-bond acceptors (Lipinski definition) is 3. The van der Waals surface area contributed by atoms with E-state index in [4.69, 9.17) is 15.2 Å². The number of halogens is 1. The number of nitrogen functional groups attached to an aromatic ring is 1. The quantitative estimate of drug-likeness (QED) is 0.783. The summed E-state index contributed by atoms with van der Waals surface area (Å²) in [6.07, 6.45) is 6.75. The summed E-state index contributed by atoms with van der Waals surface area (Å²) in [7, 11) is 0. The maximum absolute atomic E-state index is 13.8. The summed E-state index contributed by atoms with van der Waals surface area (Å²) >= 11 is 0. The van der Waals surface area contributed by atoms with Gasteiger partial charge in [0.25, 0.3) is 0 Å². The van der Waals surface area contributed by atoms with Crippen molar-refractivity contribution >= 4 is 5.69 Å². The molecule has 1 aromatic rings. The predicted octanol–water partition coefficient (Wildman–Crippen LogP) is 4.54. The summed E-state index contributed by atoms with van der Waals surface area (Å²) in [6, 6.07) is 2.89. The molecule has 0 saturated heterocycles. The Morgan fingerprint density at radius 3 is 2.76 bits per heavy atom. The van der Waals surface area contributed by atoms with Crippen LogP contribution in [0.5, 0.6) is 11.5 Å². The molecule has 3 nitrogen and oxygen atoms in total. The summed E-state index contributed by atoms with van der Waals surface area (Å²) in [5, 5.41) is 0. The van der Waals surface area contributed by atoms with Crippen LogP contribution >= 0.6 is 0 Å². The van der Waals surface area contributed by atoms with Crippen LogP contribution in [0.1, 0.15) is 52.4 Å². The zero-order valence-electron chi connectivity index (χ0n) is 13.0. The van der Waals surface area contributed by atoms with Gasteiger partial charge in [0.05, 0.1) is 18.4 Å². The van der Waals surface area contributed by atoms with Crippen LogP contribution < -0.4 is 15.2 Å². The van der Waals surface area contributed by atoms with Crippen molar-refractivity contribution in [1.29, 1.82) is 0 Å². The van der Waals surface area contributed by atoms with Crippen molar-refractivity contribution in [1.82, 2.24) is 0 Å². The topological polar surface area (TPSA) is 44.5 Å². The number of nitrogens with two attached hydrogens (primary N) is 1. The number of benzene rings is 1. The van der Waals surface area contributed by atoms with Gasteiger partial charge in [-0.1, -0.05) is 26.7 Å². The zero-order valence-corrected chi connectivity index (χ0v) is 13.0. The van der Waals surface area contributed by atoms with Gasteiger partial charge in [-0.3, -0.25) is 0 Å². The molecule has 0 aromatic heterocycles. The lowest BCUT2D eigenvalue weighted by Crippen LogP contribution is -2.25. The SMILES string of the molecule is CCCOc1cc(OC2CCCC(CC)C2)c(N)cc1F. The molecule has 0 aliphatic heterocycles. The van der Waals surface area contributed by atoms with Crippen molar-refractivity contribution in [3.8, 4) is 11.5 Å². The van der Waals surface area contributed by atoms with Gasteiger partial charge in [0.15, 0.2) is 11.6 Å². The fourth-order valence-corrected chi connectivity index (χ4v) is 2.87. The van der Waals surface area contributed by atoms with E-state index in [-0.39, 0.29) is 11.9 Å². The summed E-state index contributed by atoms with van der Waals surface area (Å²) in [5.41, 5.74) is 6.23. The third-order valence-corrected chi connectivity index (χ3v) is 4.13. The first-order valence-electron chi connectivity index (χ1n) is 8.02. The Morgan fingerprint density at radius 1 is 1.24 bits per heavy atom. The van der Waals surface area contributed by atoms with E-state index in [1.807, 2.05) is 6.92 Å². The Morgan fingerprint density at radius 2 is 2.05 bits per heavy atom. The van der Waals surface area contributed by atoms with Gasteiger partial charge in [-0.2, -0.15) is 0 Å². The lowest BCUT2D eigenvalue weighted by molar-refractivity contribution is 0.122. The maximum Gasteiger partial charge on any atom is 0.167 e. The van der Waals surface area contributed by atoms with Gasteiger partial charge < -0.3 is 15.2 Å². The van der Waals surface area contributed by atoms with Crippen molar-refractivity contribution in [2.75, 3.05) is 12.3 Å². The number of rotatable bonds is 6. The summed E-state index contributed by atoms with van der Waals surface area (Å²) in [5.74, 6) is 1.07. The molecule has 4 heteroatoms. The highest BCUT2D eigenvalue weighted by Gasteiger charge is 2.23. The molecule has 2 rings (SSSR count). The van der Waals surface area contributed by atoms with Crippen molar-refractivity contribution in [3.05, 3.63) is 17.9 Å². The average molecular weight is 295 g/mol. The van der Waals surface area contributed by atoms with E-state index in [1.165, 1.54) is 25.3 Å². The number of hydrogen-bond donors (Lipinski definition) is 1. The molecule has 0 bridgehead atoms. The first-order valence-corrected chi connectivity index (χ1v) is 8.02. The van der Waals surface area contributed by atoms with E-state index in [0.29, 0.717) is 18.0 Å². The van der Waals surface area contributed by atoms with E-state index in [0.717, 1.165) is 25.2 Å². The van der Waals surface area contributed by atoms with Crippen molar-refractivity contribution in [3.63, 3.8) is 0 Å². The van der Waals surface area contributed by atoms with Gasteiger partial charge in [-0.05, 0) is 31.6 Å². The Labute approximate surface area is 126 Å². The Kier molecular flexibility index (Phi) is 5.71. The second kappa shape index (κ2) is 7.53. The third-order valence-electron chi connectivity index (χ3n) is 4.13. The lowest BCUT2D eigenvalue weighted by Gasteiger charge is -2.29. The van der Waals surface area contributed by atoms with E-state index < -0.39 is 5.82 Å². The van der Waals surface area contributed by atoms with Crippen molar-refractivity contribution < 1.29 is 13.9 Å². The highest BCUT2D eigenvalue weighted by molar-refractivity contribution is 5.56. The number of ether oxygens (including phenoxy) is 2. The first-order chi connectivity index (χ1) is 10.1. The van der Waals surface area contributed by atoms with Gasteiger partial charge in [0.2, 0.25) is 0 Å². The molecule has 21 heavy (non-hydrogen) atoms. The second-order valence-electron chi connectivity index (χ2n) is 5.85. The van der Waals surface area contributed by atoms with Crippen LogP contribution in [0, 0.1) is 11.7 Å². The average Bonchev–Trinajstić information content (AvgIpc) is 2.49. The summed E-state index contributed by atoms with van der Waals surface area (Å²) < 4.78 is 25.2. The molecule has 0 spiro atoms. The molecule has 2 unspecified atom stereocenters. The Bertz CT molecular complexity index is 464. The highest BCUT2D eigenvalue weighted by Crippen LogP contribution is 2.35. The minimum absolute atomic E-state index is 0.176. The second-order valence-corrected chi connectivity index (χ2v) is 5.85. The summed E-state index contributed by atoms with van der Waals surface area (Å²) in [4.78, 5) is 0. The monoisotopic (exact) mass is 295 g/mol. The van der Waals surface area contributed by atoms with Crippen molar-refractivity contribution in [2.45, 2.75) is 58.5 Å².